The van der Waals surface area contributed by atoms with E-state index in [1.165, 1.54) is 16.5 Å². The molecule has 0 fully saturated rings. The molecule has 1 amide bonds. The van der Waals surface area contributed by atoms with Gasteiger partial charge in [-0.2, -0.15) is 0 Å². The lowest BCUT2D eigenvalue weighted by molar-refractivity contribution is 0.0995. The molecule has 20 heavy (non-hydrogen) atoms. The Kier molecular flexibility index (Phi) is 2.79. The smallest absolute Gasteiger partial charge is 0.267 e. The van der Waals surface area contributed by atoms with Crippen LogP contribution in [0.5, 0.6) is 0 Å². The molecule has 0 aliphatic carbocycles. The highest BCUT2D eigenvalue weighted by Gasteiger charge is 2.09. The lowest BCUT2D eigenvalue weighted by atomic mass is 10.1. The summed E-state index contributed by atoms with van der Waals surface area (Å²) in [5.41, 5.74) is 9.66. The molecule has 0 atom stereocenters. The van der Waals surface area contributed by atoms with Gasteiger partial charge in [0.2, 0.25) is 0 Å². The standard InChI is InChI=1S/C16H14N3O/c1-10-3-4-11-8-15(19(2)14(11)7-10)12-5-6-13(16(17)20)18-9-12/h3-5,7-9H,1-2H3,(H2,17,20). The monoisotopic (exact) mass is 264 g/mol. The first-order valence-electron chi connectivity index (χ1n) is 6.30. The maximum atomic E-state index is 11.0. The molecular weight excluding hydrogens is 250 g/mol. The number of amides is 1. The minimum absolute atomic E-state index is 0.156. The van der Waals surface area contributed by atoms with Crippen molar-refractivity contribution in [3.8, 4) is 11.3 Å². The Morgan fingerprint density at radius 1 is 1.35 bits per heavy atom. The van der Waals surface area contributed by atoms with Gasteiger partial charge < -0.3 is 10.3 Å². The summed E-state index contributed by atoms with van der Waals surface area (Å²) in [6.45, 7) is 2.07. The van der Waals surface area contributed by atoms with Crippen molar-refractivity contribution in [2.75, 3.05) is 0 Å². The summed E-state index contributed by atoms with van der Waals surface area (Å²) in [7, 11) is 2.01. The molecule has 0 unspecified atom stereocenters. The van der Waals surface area contributed by atoms with Crippen LogP contribution in [0.15, 0.2) is 36.5 Å². The van der Waals surface area contributed by atoms with E-state index < -0.39 is 5.91 Å². The van der Waals surface area contributed by atoms with Crippen LogP contribution in [0.3, 0.4) is 0 Å². The Morgan fingerprint density at radius 2 is 2.15 bits per heavy atom. The fraction of sp³-hybridized carbons (Fsp3) is 0.125. The normalized spacial score (nSPS) is 10.9. The number of hydrogen-bond acceptors (Lipinski definition) is 2. The van der Waals surface area contributed by atoms with Gasteiger partial charge >= 0.3 is 0 Å². The molecule has 1 radical (unpaired) electrons. The van der Waals surface area contributed by atoms with E-state index in [1.54, 1.807) is 12.3 Å². The van der Waals surface area contributed by atoms with Gasteiger partial charge in [-0.3, -0.25) is 4.79 Å². The maximum Gasteiger partial charge on any atom is 0.267 e. The molecule has 4 heteroatoms. The van der Waals surface area contributed by atoms with Crippen molar-refractivity contribution in [2.45, 2.75) is 6.92 Å². The highest BCUT2D eigenvalue weighted by atomic mass is 16.1. The number of primary amides is 1. The molecule has 2 heterocycles. The van der Waals surface area contributed by atoms with Gasteiger partial charge in [-0.05, 0) is 30.7 Å². The van der Waals surface area contributed by atoms with Crippen LogP contribution >= 0.6 is 0 Å². The zero-order valence-corrected chi connectivity index (χ0v) is 11.3. The number of benzene rings is 1. The molecule has 3 rings (SSSR count). The highest BCUT2D eigenvalue weighted by Crippen LogP contribution is 2.27. The van der Waals surface area contributed by atoms with E-state index in [9.17, 15) is 4.79 Å². The molecule has 0 aliphatic heterocycles. The van der Waals surface area contributed by atoms with Crippen LogP contribution in [0.25, 0.3) is 22.2 Å². The first kappa shape index (κ1) is 12.4. The van der Waals surface area contributed by atoms with Crippen LogP contribution in [0.4, 0.5) is 0 Å². The first-order chi connectivity index (χ1) is 9.56. The number of aryl methyl sites for hydroxylation is 2. The number of pyridine rings is 1. The summed E-state index contributed by atoms with van der Waals surface area (Å²) in [5.74, 6) is -0.566. The van der Waals surface area contributed by atoms with E-state index in [0.717, 1.165) is 11.3 Å². The van der Waals surface area contributed by atoms with E-state index in [1.807, 2.05) is 7.05 Å². The van der Waals surface area contributed by atoms with Crippen molar-refractivity contribution >= 4 is 16.8 Å². The van der Waals surface area contributed by atoms with E-state index in [2.05, 4.69) is 46.8 Å². The van der Waals surface area contributed by atoms with Crippen LogP contribution in [0, 0.1) is 13.0 Å². The van der Waals surface area contributed by atoms with E-state index in [-0.39, 0.29) is 5.69 Å². The van der Waals surface area contributed by atoms with Crippen LogP contribution in [-0.2, 0) is 7.05 Å². The van der Waals surface area contributed by atoms with Gasteiger partial charge in [0.05, 0.1) is 5.69 Å². The Balaban J connectivity index is 2.14. The van der Waals surface area contributed by atoms with Crippen molar-refractivity contribution in [1.29, 1.82) is 0 Å². The summed E-state index contributed by atoms with van der Waals surface area (Å²) in [4.78, 5) is 15.1. The molecule has 4 nitrogen and oxygen atoms in total. The van der Waals surface area contributed by atoms with Gasteiger partial charge in [0.15, 0.2) is 0 Å². The Hall–Kier alpha value is -2.62. The lowest BCUT2D eigenvalue weighted by Gasteiger charge is -2.04. The number of rotatable bonds is 2. The summed E-state index contributed by atoms with van der Waals surface area (Å²) in [6.07, 6.45) is 1.65. The van der Waals surface area contributed by atoms with Crippen LogP contribution < -0.4 is 5.73 Å². The molecule has 3 aromatic rings. The zero-order valence-electron chi connectivity index (χ0n) is 11.3. The van der Waals surface area contributed by atoms with Crippen LogP contribution in [0.1, 0.15) is 16.1 Å². The second-order valence-corrected chi connectivity index (χ2v) is 4.87. The van der Waals surface area contributed by atoms with Crippen molar-refractivity contribution < 1.29 is 4.79 Å². The maximum absolute atomic E-state index is 11.0. The van der Waals surface area contributed by atoms with E-state index in [4.69, 9.17) is 5.73 Å². The number of carbonyl (C=O) groups excluding carboxylic acids is 1. The predicted molar refractivity (Wildman–Crippen MR) is 78.2 cm³/mol. The first-order valence-corrected chi connectivity index (χ1v) is 6.30. The summed E-state index contributed by atoms with van der Waals surface area (Å²) >= 11 is 0. The van der Waals surface area contributed by atoms with Crippen molar-refractivity contribution in [3.05, 3.63) is 53.9 Å². The average Bonchev–Trinajstić information content (AvgIpc) is 2.76. The number of aromatic nitrogens is 2. The van der Waals surface area contributed by atoms with Gasteiger partial charge in [-0.25, -0.2) is 4.98 Å². The molecule has 0 aliphatic rings. The molecule has 0 spiro atoms. The van der Waals surface area contributed by atoms with E-state index >= 15 is 0 Å². The number of fused-ring (bicyclic) bond motifs is 1. The Bertz CT molecular complexity index is 800. The van der Waals surface area contributed by atoms with Gasteiger partial charge in [-0.15, -0.1) is 0 Å². The fourth-order valence-electron chi connectivity index (χ4n) is 2.35. The second-order valence-electron chi connectivity index (χ2n) is 4.87. The zero-order chi connectivity index (χ0) is 14.3. The number of nitrogens with two attached hydrogens (primary N) is 1. The summed E-state index contributed by atoms with van der Waals surface area (Å²) < 4.78 is 2.11. The number of nitrogens with zero attached hydrogens (tertiary/aromatic N) is 2. The minimum atomic E-state index is -0.566. The van der Waals surface area contributed by atoms with Crippen molar-refractivity contribution in [2.24, 2.45) is 12.8 Å². The lowest BCUT2D eigenvalue weighted by Crippen LogP contribution is -2.12. The van der Waals surface area contributed by atoms with Gasteiger partial charge in [0.1, 0.15) is 5.69 Å². The minimum Gasteiger partial charge on any atom is -0.364 e. The van der Waals surface area contributed by atoms with Gasteiger partial charge in [0.25, 0.3) is 5.91 Å². The molecule has 0 saturated heterocycles. The summed E-state index contributed by atoms with van der Waals surface area (Å²) in [5, 5.41) is 1.17. The number of carbonyl (C=O) groups is 1. The largest absolute Gasteiger partial charge is 0.364 e. The molecule has 2 aromatic heterocycles. The van der Waals surface area contributed by atoms with E-state index in [0.29, 0.717) is 0 Å². The third-order valence-electron chi connectivity index (χ3n) is 3.43. The molecule has 2 N–H and O–H groups in total. The fourth-order valence-corrected chi connectivity index (χ4v) is 2.35. The predicted octanol–water partition coefficient (Wildman–Crippen LogP) is 2.45. The molecular formula is C16H14N3O. The number of hydrogen-bond donors (Lipinski definition) is 1. The van der Waals surface area contributed by atoms with Crippen LogP contribution in [0.2, 0.25) is 0 Å². The molecule has 0 saturated carbocycles. The van der Waals surface area contributed by atoms with Crippen molar-refractivity contribution in [3.63, 3.8) is 0 Å². The third kappa shape index (κ3) is 1.95. The van der Waals surface area contributed by atoms with Crippen molar-refractivity contribution in [1.82, 2.24) is 9.55 Å². The molecule has 0 bridgehead atoms. The Morgan fingerprint density at radius 3 is 2.80 bits per heavy atom. The van der Waals surface area contributed by atoms with Gasteiger partial charge in [0, 0.05) is 35.8 Å². The quantitative estimate of drug-likeness (QED) is 0.772. The Labute approximate surface area is 116 Å². The molecule has 99 valence electrons. The SMILES string of the molecule is Cc1ccc2cc(-c3c[c]c(C(N)=O)nc3)n(C)c2c1. The van der Waals surface area contributed by atoms with Crippen LogP contribution in [-0.4, -0.2) is 15.5 Å². The highest BCUT2D eigenvalue weighted by molar-refractivity contribution is 5.91. The molecule has 1 aromatic carbocycles. The second kappa shape index (κ2) is 4.49. The topological polar surface area (TPSA) is 60.9 Å². The third-order valence-corrected chi connectivity index (χ3v) is 3.43. The average molecular weight is 264 g/mol. The summed E-state index contributed by atoms with van der Waals surface area (Å²) in [6, 6.07) is 13.0. The van der Waals surface area contributed by atoms with Gasteiger partial charge in [-0.1, -0.05) is 12.1 Å².